The zero-order chi connectivity index (χ0) is 11.5. The van der Waals surface area contributed by atoms with Gasteiger partial charge >= 0.3 is 49.7 Å². The van der Waals surface area contributed by atoms with E-state index in [-0.39, 0.29) is 47.0 Å². The van der Waals surface area contributed by atoms with E-state index in [0.717, 1.165) is 0 Å². The van der Waals surface area contributed by atoms with Gasteiger partial charge in [-0.25, -0.2) is 0 Å². The number of hydrogen-bond donors (Lipinski definition) is 2. The molecule has 1 aromatic rings. The third kappa shape index (κ3) is 2.56. The summed E-state index contributed by atoms with van der Waals surface area (Å²) in [7, 11) is 0. The van der Waals surface area contributed by atoms with E-state index in [1.807, 2.05) is 0 Å². The van der Waals surface area contributed by atoms with E-state index in [4.69, 9.17) is 10.2 Å². The Balaban J connectivity index is -0.000000750. The van der Waals surface area contributed by atoms with Crippen LogP contribution in [-0.2, 0) is 15.0 Å². The van der Waals surface area contributed by atoms with Crippen molar-refractivity contribution >= 4 is 49.7 Å². The first-order chi connectivity index (χ1) is 7.05. The molecule has 1 aromatic carbocycles. The van der Waals surface area contributed by atoms with E-state index in [1.54, 1.807) is 25.1 Å². The Morgan fingerprint density at radius 2 is 1.62 bits per heavy atom. The molecule has 0 fully saturated rings. The van der Waals surface area contributed by atoms with Gasteiger partial charge in [-0.05, 0) is 12.0 Å². The molecule has 2 N–H and O–H groups in total. The molecule has 1 rings (SSSR count). The largest absolute Gasteiger partial charge is 2.00 e. The average molecular weight is 250 g/mol. The molecule has 4 nitrogen and oxygen atoms in total. The number of carboxylic acids is 2. The van der Waals surface area contributed by atoms with Gasteiger partial charge in [-0.3, -0.25) is 9.59 Å². The van der Waals surface area contributed by atoms with Crippen molar-refractivity contribution in [1.29, 1.82) is 0 Å². The Kier molecular flexibility index (Phi) is 6.00. The van der Waals surface area contributed by atoms with E-state index < -0.39 is 17.4 Å². The van der Waals surface area contributed by atoms with Crippen molar-refractivity contribution in [2.24, 2.45) is 0 Å². The Hall–Kier alpha value is -0.580. The summed E-state index contributed by atoms with van der Waals surface area (Å²) in [5.41, 5.74) is -1.53. The molecular formula is C11H14CaO4. The van der Waals surface area contributed by atoms with Crippen LogP contribution in [0.3, 0.4) is 0 Å². The summed E-state index contributed by atoms with van der Waals surface area (Å²) in [6.07, 6.45) is 0.0156. The van der Waals surface area contributed by atoms with Gasteiger partial charge in [0, 0.05) is 0 Å². The van der Waals surface area contributed by atoms with Gasteiger partial charge in [-0.2, -0.15) is 0 Å². The van der Waals surface area contributed by atoms with E-state index in [9.17, 15) is 9.59 Å². The smallest absolute Gasteiger partial charge is 1.00 e. The van der Waals surface area contributed by atoms with Crippen molar-refractivity contribution in [1.82, 2.24) is 0 Å². The summed E-state index contributed by atoms with van der Waals surface area (Å²) in [5.74, 6) is -2.66. The van der Waals surface area contributed by atoms with E-state index in [2.05, 4.69) is 0 Å². The van der Waals surface area contributed by atoms with Crippen molar-refractivity contribution in [3.05, 3.63) is 35.9 Å². The standard InChI is InChI=1S/C11H12O4.Ca.2H/c1-2-11(9(12)13,10(14)15)8-6-4-3-5-7-8;;;/h3-7H,2H2,1H3,(H,12,13)(H,14,15);;;/q;+2;2*-1. The predicted octanol–water partition coefficient (Wildman–Crippen LogP) is 1.35. The number of carbonyl (C=O) groups is 2. The van der Waals surface area contributed by atoms with Gasteiger partial charge in [0.05, 0.1) is 0 Å². The predicted molar refractivity (Wildman–Crippen MR) is 61.7 cm³/mol. The summed E-state index contributed by atoms with van der Waals surface area (Å²) in [6, 6.07) is 8.02. The number of rotatable bonds is 4. The van der Waals surface area contributed by atoms with Crippen LogP contribution in [-0.4, -0.2) is 59.9 Å². The minimum Gasteiger partial charge on any atom is -1.00 e. The molecule has 0 aliphatic heterocycles. The number of carboxylic acid groups (broad SMARTS) is 2. The van der Waals surface area contributed by atoms with Crippen molar-refractivity contribution in [3.8, 4) is 0 Å². The summed E-state index contributed by atoms with van der Waals surface area (Å²) in [6.45, 7) is 1.55. The minimum absolute atomic E-state index is 0. The maximum Gasteiger partial charge on any atom is 2.00 e. The van der Waals surface area contributed by atoms with Crippen molar-refractivity contribution in [2.75, 3.05) is 0 Å². The van der Waals surface area contributed by atoms with Crippen LogP contribution in [0.15, 0.2) is 30.3 Å². The van der Waals surface area contributed by atoms with Crippen molar-refractivity contribution in [2.45, 2.75) is 18.8 Å². The second kappa shape index (κ2) is 6.23. The number of hydrogen-bond acceptors (Lipinski definition) is 2. The molecule has 0 aliphatic carbocycles. The van der Waals surface area contributed by atoms with Crippen LogP contribution in [0.5, 0.6) is 0 Å². The molecule has 0 aliphatic rings. The van der Waals surface area contributed by atoms with Crippen molar-refractivity contribution < 1.29 is 22.7 Å². The van der Waals surface area contributed by atoms with Crippen LogP contribution in [0.2, 0.25) is 0 Å². The van der Waals surface area contributed by atoms with E-state index in [0.29, 0.717) is 5.56 Å². The van der Waals surface area contributed by atoms with Gasteiger partial charge in [0.25, 0.3) is 0 Å². The Morgan fingerprint density at radius 1 is 1.19 bits per heavy atom. The van der Waals surface area contributed by atoms with Crippen LogP contribution >= 0.6 is 0 Å². The molecule has 0 aromatic heterocycles. The van der Waals surface area contributed by atoms with Crippen LogP contribution in [0.25, 0.3) is 0 Å². The van der Waals surface area contributed by atoms with Gasteiger partial charge in [-0.1, -0.05) is 37.3 Å². The van der Waals surface area contributed by atoms with Crippen LogP contribution in [0.1, 0.15) is 21.8 Å². The quantitative estimate of drug-likeness (QED) is 0.625. The molecule has 0 unspecified atom stereocenters. The first kappa shape index (κ1) is 15.4. The fourth-order valence-electron chi connectivity index (χ4n) is 1.57. The topological polar surface area (TPSA) is 74.6 Å². The zero-order valence-electron chi connectivity index (χ0n) is 11.0. The maximum atomic E-state index is 11.1. The molecule has 0 atom stereocenters. The summed E-state index contributed by atoms with van der Waals surface area (Å²) in [4.78, 5) is 22.2. The molecule has 0 radical (unpaired) electrons. The molecule has 16 heavy (non-hydrogen) atoms. The monoisotopic (exact) mass is 250 g/mol. The second-order valence-corrected chi connectivity index (χ2v) is 3.24. The molecule has 0 saturated carbocycles. The normalized spacial score (nSPS) is 10.3. The van der Waals surface area contributed by atoms with Gasteiger partial charge in [0.15, 0.2) is 5.41 Å². The molecule has 0 saturated heterocycles. The SMILES string of the molecule is CCC(C(=O)O)(C(=O)O)c1ccccc1.[Ca+2].[H-].[H-]. The first-order valence-electron chi connectivity index (χ1n) is 4.58. The zero-order valence-corrected chi connectivity index (χ0v) is 11.2. The Morgan fingerprint density at radius 3 is 1.94 bits per heavy atom. The van der Waals surface area contributed by atoms with Crippen LogP contribution < -0.4 is 0 Å². The first-order valence-corrected chi connectivity index (χ1v) is 4.58. The molecule has 84 valence electrons. The van der Waals surface area contributed by atoms with Crippen molar-refractivity contribution in [3.63, 3.8) is 0 Å². The molecule has 0 bridgehead atoms. The number of aliphatic carboxylic acids is 2. The summed E-state index contributed by atoms with van der Waals surface area (Å²) in [5, 5.41) is 18.1. The van der Waals surface area contributed by atoms with E-state index >= 15 is 0 Å². The minimum atomic E-state index is -1.83. The summed E-state index contributed by atoms with van der Waals surface area (Å²) < 4.78 is 0. The van der Waals surface area contributed by atoms with Gasteiger partial charge < -0.3 is 13.1 Å². The molecule has 5 heteroatoms. The number of benzene rings is 1. The third-order valence-corrected chi connectivity index (χ3v) is 2.53. The molecule has 0 spiro atoms. The third-order valence-electron chi connectivity index (χ3n) is 2.53. The molecule has 0 heterocycles. The fraction of sp³-hybridized carbons (Fsp3) is 0.273. The average Bonchev–Trinajstić information content (AvgIpc) is 2.20. The van der Waals surface area contributed by atoms with Crippen LogP contribution in [0.4, 0.5) is 0 Å². The molecular weight excluding hydrogens is 236 g/mol. The summed E-state index contributed by atoms with van der Waals surface area (Å²) >= 11 is 0. The Labute approximate surface area is 126 Å². The van der Waals surface area contributed by atoms with Gasteiger partial charge in [-0.15, -0.1) is 0 Å². The Bertz CT molecular complexity index is 370. The fourth-order valence-corrected chi connectivity index (χ4v) is 1.57. The molecule has 0 amide bonds. The van der Waals surface area contributed by atoms with E-state index in [1.165, 1.54) is 12.1 Å². The van der Waals surface area contributed by atoms with Gasteiger partial charge in [0.2, 0.25) is 0 Å². The maximum absolute atomic E-state index is 11.1. The van der Waals surface area contributed by atoms with Crippen LogP contribution in [0, 0.1) is 0 Å². The second-order valence-electron chi connectivity index (χ2n) is 3.24. The van der Waals surface area contributed by atoms with Gasteiger partial charge in [0.1, 0.15) is 0 Å².